The van der Waals surface area contributed by atoms with E-state index in [2.05, 4.69) is 16.8 Å². The van der Waals surface area contributed by atoms with Crippen LogP contribution in [0.5, 0.6) is 0 Å². The molecule has 0 unspecified atom stereocenters. The highest BCUT2D eigenvalue weighted by atomic mass is 35.5. The van der Waals surface area contributed by atoms with E-state index in [1.807, 2.05) is 0 Å². The summed E-state index contributed by atoms with van der Waals surface area (Å²) in [6, 6.07) is 4.88. The number of likely N-dealkylation sites (N-methyl/N-ethyl adjacent to an activating group) is 1. The number of piperazine rings is 1. The van der Waals surface area contributed by atoms with Crippen LogP contribution in [0.25, 0.3) is 0 Å². The molecule has 0 N–H and O–H groups in total. The molecule has 0 bridgehead atoms. The third-order valence-corrected chi connectivity index (χ3v) is 3.47. The smallest absolute Gasteiger partial charge is 0.275 e. The summed E-state index contributed by atoms with van der Waals surface area (Å²) >= 11 is 5.80. The Labute approximate surface area is 135 Å². The fourth-order valence-corrected chi connectivity index (χ4v) is 2.25. The molecule has 1 aliphatic heterocycles. The van der Waals surface area contributed by atoms with Crippen molar-refractivity contribution in [2.75, 3.05) is 33.2 Å². The van der Waals surface area contributed by atoms with Crippen LogP contribution in [0.2, 0.25) is 5.02 Å². The van der Waals surface area contributed by atoms with Crippen LogP contribution >= 0.6 is 36.4 Å². The molecule has 1 saturated heterocycles. The summed E-state index contributed by atoms with van der Waals surface area (Å²) in [4.78, 5) is 15.1. The van der Waals surface area contributed by atoms with Gasteiger partial charge in [-0.25, -0.2) is 0 Å². The quantitative estimate of drug-likeness (QED) is 0.626. The Morgan fingerprint density at radius 1 is 1.25 bits per heavy atom. The molecular formula is C12H18Cl3N3O2. The van der Waals surface area contributed by atoms with Gasteiger partial charge in [0.15, 0.2) is 0 Å². The molecule has 0 aromatic heterocycles. The van der Waals surface area contributed by atoms with E-state index >= 15 is 0 Å². The van der Waals surface area contributed by atoms with Gasteiger partial charge in [0.1, 0.15) is 0 Å². The Balaban J connectivity index is 0.00000180. The van der Waals surface area contributed by atoms with Crippen molar-refractivity contribution in [3.8, 4) is 0 Å². The summed E-state index contributed by atoms with van der Waals surface area (Å²) in [5, 5.41) is 11.4. The first-order chi connectivity index (χ1) is 8.56. The fourth-order valence-electron chi connectivity index (χ4n) is 2.09. The summed E-state index contributed by atoms with van der Waals surface area (Å²) in [6.45, 7) is 4.50. The predicted molar refractivity (Wildman–Crippen MR) is 85.4 cm³/mol. The van der Waals surface area contributed by atoms with Crippen LogP contribution in [0, 0.1) is 10.1 Å². The maximum absolute atomic E-state index is 11.0. The van der Waals surface area contributed by atoms with Gasteiger partial charge in [0.2, 0.25) is 0 Å². The summed E-state index contributed by atoms with van der Waals surface area (Å²) in [5.74, 6) is 0. The lowest BCUT2D eigenvalue weighted by atomic mass is 10.1. The van der Waals surface area contributed by atoms with Crippen LogP contribution < -0.4 is 0 Å². The van der Waals surface area contributed by atoms with Crippen molar-refractivity contribution < 1.29 is 4.92 Å². The van der Waals surface area contributed by atoms with Crippen LogP contribution in [-0.2, 0) is 6.54 Å². The third-order valence-electron chi connectivity index (χ3n) is 3.23. The molecule has 8 heteroatoms. The van der Waals surface area contributed by atoms with Crippen molar-refractivity contribution in [2.24, 2.45) is 0 Å². The second-order valence-corrected chi connectivity index (χ2v) is 5.05. The van der Waals surface area contributed by atoms with E-state index in [1.165, 1.54) is 6.07 Å². The van der Waals surface area contributed by atoms with Crippen molar-refractivity contribution >= 4 is 42.1 Å². The minimum atomic E-state index is -0.364. The molecule has 1 fully saturated rings. The number of nitrogens with zero attached hydrogens (tertiary/aromatic N) is 3. The molecule has 1 heterocycles. The molecule has 2 rings (SSSR count). The number of halogens is 3. The Bertz CT molecular complexity index is 452. The summed E-state index contributed by atoms with van der Waals surface area (Å²) in [5.41, 5.74) is 0.843. The molecule has 20 heavy (non-hydrogen) atoms. The van der Waals surface area contributed by atoms with E-state index in [1.54, 1.807) is 12.1 Å². The van der Waals surface area contributed by atoms with Gasteiger partial charge >= 0.3 is 0 Å². The van der Waals surface area contributed by atoms with Crippen LogP contribution in [0.4, 0.5) is 5.69 Å². The van der Waals surface area contributed by atoms with Crippen LogP contribution in [0.3, 0.4) is 0 Å². The van der Waals surface area contributed by atoms with Crippen LogP contribution in [0.15, 0.2) is 18.2 Å². The van der Waals surface area contributed by atoms with Crippen molar-refractivity contribution in [3.05, 3.63) is 38.9 Å². The number of rotatable bonds is 3. The van der Waals surface area contributed by atoms with E-state index in [4.69, 9.17) is 11.6 Å². The normalized spacial score (nSPS) is 16.1. The Morgan fingerprint density at radius 2 is 1.85 bits per heavy atom. The first-order valence-corrected chi connectivity index (χ1v) is 6.28. The first-order valence-electron chi connectivity index (χ1n) is 5.90. The monoisotopic (exact) mass is 341 g/mol. The van der Waals surface area contributed by atoms with Gasteiger partial charge in [-0.2, -0.15) is 0 Å². The van der Waals surface area contributed by atoms with Crippen LogP contribution in [-0.4, -0.2) is 47.9 Å². The van der Waals surface area contributed by atoms with Crippen LogP contribution in [0.1, 0.15) is 5.56 Å². The zero-order valence-corrected chi connectivity index (χ0v) is 13.5. The second-order valence-electron chi connectivity index (χ2n) is 4.61. The molecule has 0 aliphatic carbocycles. The molecular weight excluding hydrogens is 325 g/mol. The molecule has 0 saturated carbocycles. The molecule has 0 spiro atoms. The molecule has 0 radical (unpaired) electrons. The zero-order valence-electron chi connectivity index (χ0n) is 11.1. The van der Waals surface area contributed by atoms with Crippen molar-refractivity contribution in [1.29, 1.82) is 0 Å². The molecule has 1 aliphatic rings. The lowest BCUT2D eigenvalue weighted by Crippen LogP contribution is -2.43. The average molecular weight is 343 g/mol. The summed E-state index contributed by atoms with van der Waals surface area (Å²) in [7, 11) is 2.09. The van der Waals surface area contributed by atoms with Gasteiger partial charge in [0.25, 0.3) is 5.69 Å². The highest BCUT2D eigenvalue weighted by Crippen LogP contribution is 2.24. The second kappa shape index (κ2) is 8.64. The lowest BCUT2D eigenvalue weighted by molar-refractivity contribution is -0.385. The molecule has 0 atom stereocenters. The van der Waals surface area contributed by atoms with Crippen molar-refractivity contribution in [2.45, 2.75) is 6.54 Å². The van der Waals surface area contributed by atoms with Gasteiger partial charge < -0.3 is 4.90 Å². The SMILES string of the molecule is CN1CCN(Cc2ccc(Cl)cc2[N+](=O)[O-])CC1.Cl.Cl. The van der Waals surface area contributed by atoms with E-state index in [-0.39, 0.29) is 35.4 Å². The lowest BCUT2D eigenvalue weighted by Gasteiger charge is -2.32. The minimum Gasteiger partial charge on any atom is -0.304 e. The highest BCUT2D eigenvalue weighted by Gasteiger charge is 2.19. The maximum Gasteiger partial charge on any atom is 0.275 e. The maximum atomic E-state index is 11.0. The standard InChI is InChI=1S/C12H16ClN3O2.2ClH/c1-14-4-6-15(7-5-14)9-10-2-3-11(13)8-12(10)16(17)18;;/h2-3,8H,4-7,9H2,1H3;2*1H. The van der Waals surface area contributed by atoms with Gasteiger partial charge in [-0.05, 0) is 19.2 Å². The topological polar surface area (TPSA) is 49.6 Å². The van der Waals surface area contributed by atoms with E-state index in [9.17, 15) is 10.1 Å². The van der Waals surface area contributed by atoms with Gasteiger partial charge in [0, 0.05) is 49.4 Å². The molecule has 0 amide bonds. The minimum absolute atomic E-state index is 0. The highest BCUT2D eigenvalue weighted by molar-refractivity contribution is 6.30. The number of hydrogen-bond acceptors (Lipinski definition) is 4. The van der Waals surface area contributed by atoms with E-state index in [0.29, 0.717) is 11.6 Å². The van der Waals surface area contributed by atoms with Crippen molar-refractivity contribution in [3.63, 3.8) is 0 Å². The van der Waals surface area contributed by atoms with Gasteiger partial charge in [-0.15, -0.1) is 24.8 Å². The van der Waals surface area contributed by atoms with Gasteiger partial charge in [-0.3, -0.25) is 15.0 Å². The number of nitro benzene ring substituents is 1. The number of benzene rings is 1. The van der Waals surface area contributed by atoms with E-state index < -0.39 is 0 Å². The third kappa shape index (κ3) is 5.07. The molecule has 1 aromatic rings. The summed E-state index contributed by atoms with van der Waals surface area (Å²) < 4.78 is 0. The fraction of sp³-hybridized carbons (Fsp3) is 0.500. The Kier molecular flexibility index (Phi) is 8.39. The summed E-state index contributed by atoms with van der Waals surface area (Å²) in [6.07, 6.45) is 0. The predicted octanol–water partition coefficient (Wildman–Crippen LogP) is 2.84. The van der Waals surface area contributed by atoms with E-state index in [0.717, 1.165) is 31.7 Å². The average Bonchev–Trinajstić information content (AvgIpc) is 2.34. The van der Waals surface area contributed by atoms with Gasteiger partial charge in [0.05, 0.1) is 4.92 Å². The van der Waals surface area contributed by atoms with Gasteiger partial charge in [-0.1, -0.05) is 11.6 Å². The molecule has 5 nitrogen and oxygen atoms in total. The Morgan fingerprint density at radius 3 is 2.40 bits per heavy atom. The molecule has 114 valence electrons. The zero-order chi connectivity index (χ0) is 13.1. The number of nitro groups is 1. The largest absolute Gasteiger partial charge is 0.304 e. The molecule has 1 aromatic carbocycles. The van der Waals surface area contributed by atoms with Crippen molar-refractivity contribution in [1.82, 2.24) is 9.80 Å². The Hall–Kier alpha value is -0.590. The number of hydrogen-bond donors (Lipinski definition) is 0. The first kappa shape index (κ1) is 19.4.